The summed E-state index contributed by atoms with van der Waals surface area (Å²) >= 11 is 0. The van der Waals surface area contributed by atoms with Gasteiger partial charge in [-0.05, 0) is 70.6 Å². The second-order valence-corrected chi connectivity index (χ2v) is 11.0. The van der Waals surface area contributed by atoms with Gasteiger partial charge in [-0.25, -0.2) is 4.39 Å². The number of halogens is 1. The maximum absolute atomic E-state index is 16.3. The summed E-state index contributed by atoms with van der Waals surface area (Å²) in [5.74, 6) is 0.104. The van der Waals surface area contributed by atoms with Crippen molar-refractivity contribution in [3.8, 4) is 17.3 Å². The van der Waals surface area contributed by atoms with Gasteiger partial charge >= 0.3 is 6.01 Å². The number of likely N-dealkylation sites (tertiary alicyclic amines) is 1. The first-order valence-corrected chi connectivity index (χ1v) is 13.5. The number of rotatable bonds is 8. The smallest absolute Gasteiger partial charge is 0.319 e. The van der Waals surface area contributed by atoms with Crippen molar-refractivity contribution in [1.82, 2.24) is 24.8 Å². The van der Waals surface area contributed by atoms with E-state index in [1.807, 2.05) is 42.5 Å². The number of fused-ring (bicyclic) bond motifs is 2. The van der Waals surface area contributed by atoms with Gasteiger partial charge in [0, 0.05) is 29.9 Å². The van der Waals surface area contributed by atoms with Crippen molar-refractivity contribution >= 4 is 27.5 Å². The second kappa shape index (κ2) is 10.1. The Morgan fingerprint density at radius 2 is 1.89 bits per heavy atom. The van der Waals surface area contributed by atoms with Crippen LogP contribution in [-0.4, -0.2) is 77.2 Å². The largest absolute Gasteiger partial charge is 0.462 e. The number of nitrogens with zero attached hydrogens (tertiary/aromatic N) is 5. The quantitative estimate of drug-likeness (QED) is 0.340. The molecule has 0 unspecified atom stereocenters. The van der Waals surface area contributed by atoms with Crippen LogP contribution in [0.4, 0.5) is 10.2 Å². The van der Waals surface area contributed by atoms with E-state index in [1.54, 1.807) is 6.20 Å². The third kappa shape index (κ3) is 4.46. The van der Waals surface area contributed by atoms with Crippen LogP contribution in [0.25, 0.3) is 32.9 Å². The number of hydrogen-bond donors (Lipinski definition) is 1. The van der Waals surface area contributed by atoms with Crippen LogP contribution in [0.5, 0.6) is 6.01 Å². The van der Waals surface area contributed by atoms with Crippen molar-refractivity contribution in [2.75, 3.05) is 46.2 Å². The zero-order valence-electron chi connectivity index (χ0n) is 22.4. The fraction of sp³-hybridized carbons (Fsp3) is 0.433. The van der Waals surface area contributed by atoms with Gasteiger partial charge in [0.2, 0.25) is 0 Å². The van der Waals surface area contributed by atoms with Crippen LogP contribution in [-0.2, 0) is 0 Å². The molecule has 4 aromatic rings. The van der Waals surface area contributed by atoms with Crippen LogP contribution in [0.3, 0.4) is 0 Å². The third-order valence-corrected chi connectivity index (χ3v) is 8.60. The molecule has 3 heterocycles. The summed E-state index contributed by atoms with van der Waals surface area (Å²) in [6, 6.07) is 14.3. The molecule has 2 aromatic carbocycles. The van der Waals surface area contributed by atoms with Crippen LogP contribution < -0.4 is 10.1 Å². The molecule has 1 aliphatic heterocycles. The van der Waals surface area contributed by atoms with E-state index >= 15 is 4.39 Å². The van der Waals surface area contributed by atoms with E-state index in [9.17, 15) is 0 Å². The summed E-state index contributed by atoms with van der Waals surface area (Å²) in [7, 11) is 6.34. The standard InChI is InChI=1S/C30H35FN6O/c1-36(2)30(14-8-15-30)19-33-28-24-17-32-26(23-13-6-10-20-9-4-5-12-22(20)23)25(31)27(24)34-29(35-28)38-18-21-11-7-16-37(21)3/h4-6,9-10,12-13,17,21H,7-8,11,14-16,18-19H2,1-3H3,(H,33,34,35)/t21-/m0/s1. The van der Waals surface area contributed by atoms with Crippen molar-refractivity contribution in [2.24, 2.45) is 0 Å². The first kappa shape index (κ1) is 24.9. The Balaban J connectivity index is 1.41. The van der Waals surface area contributed by atoms with E-state index in [2.05, 4.69) is 46.2 Å². The highest BCUT2D eigenvalue weighted by Crippen LogP contribution is 2.38. The molecular formula is C30H35FN6O. The Kier molecular flexibility index (Phi) is 6.61. The molecule has 2 aliphatic rings. The summed E-state index contributed by atoms with van der Waals surface area (Å²) in [5.41, 5.74) is 1.32. The molecule has 0 amide bonds. The predicted octanol–water partition coefficient (Wildman–Crippen LogP) is 5.35. The van der Waals surface area contributed by atoms with E-state index in [1.165, 1.54) is 6.42 Å². The van der Waals surface area contributed by atoms with Crippen molar-refractivity contribution in [2.45, 2.75) is 43.7 Å². The van der Waals surface area contributed by atoms with Crippen LogP contribution in [0, 0.1) is 5.82 Å². The molecule has 6 rings (SSSR count). The minimum atomic E-state index is -0.460. The minimum Gasteiger partial charge on any atom is -0.462 e. The molecule has 1 N–H and O–H groups in total. The summed E-state index contributed by atoms with van der Waals surface area (Å²) in [6.07, 6.45) is 7.35. The number of nitrogens with one attached hydrogen (secondary N) is 1. The van der Waals surface area contributed by atoms with Crippen molar-refractivity contribution in [1.29, 1.82) is 0 Å². The lowest BCUT2D eigenvalue weighted by atomic mass is 9.75. The third-order valence-electron chi connectivity index (χ3n) is 8.60. The molecule has 1 aliphatic carbocycles. The predicted molar refractivity (Wildman–Crippen MR) is 150 cm³/mol. The lowest BCUT2D eigenvalue weighted by Gasteiger charge is -2.47. The Bertz CT molecular complexity index is 1470. The fourth-order valence-corrected chi connectivity index (χ4v) is 5.83. The summed E-state index contributed by atoms with van der Waals surface area (Å²) < 4.78 is 22.4. The molecule has 38 heavy (non-hydrogen) atoms. The van der Waals surface area contributed by atoms with Gasteiger partial charge in [0.05, 0.1) is 5.39 Å². The van der Waals surface area contributed by atoms with Gasteiger partial charge in [-0.3, -0.25) is 4.98 Å². The minimum absolute atomic E-state index is 0.0692. The van der Waals surface area contributed by atoms with Gasteiger partial charge in [-0.15, -0.1) is 0 Å². The van der Waals surface area contributed by atoms with E-state index in [0.717, 1.165) is 48.6 Å². The van der Waals surface area contributed by atoms with Crippen LogP contribution in [0.1, 0.15) is 32.1 Å². The van der Waals surface area contributed by atoms with E-state index < -0.39 is 5.82 Å². The second-order valence-electron chi connectivity index (χ2n) is 11.0. The number of anilines is 1. The van der Waals surface area contributed by atoms with Gasteiger partial charge in [-0.2, -0.15) is 9.97 Å². The topological polar surface area (TPSA) is 66.4 Å². The van der Waals surface area contributed by atoms with Crippen molar-refractivity contribution < 1.29 is 9.13 Å². The van der Waals surface area contributed by atoms with E-state index in [-0.39, 0.29) is 22.8 Å². The number of ether oxygens (including phenoxy) is 1. The highest BCUT2D eigenvalue weighted by atomic mass is 19.1. The molecule has 0 bridgehead atoms. The van der Waals surface area contributed by atoms with Crippen LogP contribution >= 0.6 is 0 Å². The van der Waals surface area contributed by atoms with Gasteiger partial charge in [0.15, 0.2) is 5.82 Å². The molecule has 198 valence electrons. The zero-order chi connectivity index (χ0) is 26.3. The molecule has 2 aromatic heterocycles. The number of benzene rings is 2. The molecule has 7 nitrogen and oxygen atoms in total. The first-order chi connectivity index (χ1) is 18.4. The summed E-state index contributed by atoms with van der Waals surface area (Å²) in [6.45, 7) is 2.25. The van der Waals surface area contributed by atoms with Gasteiger partial charge in [0.1, 0.15) is 23.6 Å². The van der Waals surface area contributed by atoms with Gasteiger partial charge < -0.3 is 19.9 Å². The maximum Gasteiger partial charge on any atom is 0.319 e. The van der Waals surface area contributed by atoms with Gasteiger partial charge in [-0.1, -0.05) is 42.5 Å². The van der Waals surface area contributed by atoms with E-state index in [4.69, 9.17) is 9.72 Å². The van der Waals surface area contributed by atoms with Crippen molar-refractivity contribution in [3.63, 3.8) is 0 Å². The number of pyridine rings is 1. The fourth-order valence-electron chi connectivity index (χ4n) is 5.83. The first-order valence-electron chi connectivity index (χ1n) is 13.5. The molecular weight excluding hydrogens is 479 g/mol. The lowest BCUT2D eigenvalue weighted by molar-refractivity contribution is 0.0738. The highest BCUT2D eigenvalue weighted by Gasteiger charge is 2.39. The maximum atomic E-state index is 16.3. The summed E-state index contributed by atoms with van der Waals surface area (Å²) in [4.78, 5) is 18.5. The summed E-state index contributed by atoms with van der Waals surface area (Å²) in [5, 5.41) is 6.06. The molecule has 0 radical (unpaired) electrons. The van der Waals surface area contributed by atoms with Crippen LogP contribution in [0.2, 0.25) is 0 Å². The Morgan fingerprint density at radius 1 is 1.08 bits per heavy atom. The number of hydrogen-bond acceptors (Lipinski definition) is 7. The Hall–Kier alpha value is -3.36. The SMILES string of the molecule is CN1CCC[C@H]1COc1nc(NCC2(N(C)C)CCC2)c2cnc(-c3cccc4ccccc34)c(F)c2n1. The van der Waals surface area contributed by atoms with E-state index in [0.29, 0.717) is 30.4 Å². The normalized spacial score (nSPS) is 19.2. The monoisotopic (exact) mass is 514 g/mol. The van der Waals surface area contributed by atoms with Crippen molar-refractivity contribution in [3.05, 3.63) is 54.5 Å². The average Bonchev–Trinajstić information content (AvgIpc) is 3.31. The Labute approximate surface area is 223 Å². The zero-order valence-corrected chi connectivity index (χ0v) is 22.4. The van der Waals surface area contributed by atoms with Gasteiger partial charge in [0.25, 0.3) is 0 Å². The molecule has 0 spiro atoms. The molecule has 8 heteroatoms. The number of likely N-dealkylation sites (N-methyl/N-ethyl adjacent to an activating group) is 2. The van der Waals surface area contributed by atoms with Crippen LogP contribution in [0.15, 0.2) is 48.7 Å². The average molecular weight is 515 g/mol. The molecule has 1 saturated carbocycles. The highest BCUT2D eigenvalue weighted by molar-refractivity contribution is 5.98. The lowest BCUT2D eigenvalue weighted by Crippen LogP contribution is -2.54. The molecule has 1 saturated heterocycles. The molecule has 1 atom stereocenters. The Morgan fingerprint density at radius 3 is 2.63 bits per heavy atom. The number of aromatic nitrogens is 3. The molecule has 2 fully saturated rings.